The topological polar surface area (TPSA) is 69.4 Å². The van der Waals surface area contributed by atoms with Crippen LogP contribution in [0.1, 0.15) is 10.4 Å². The van der Waals surface area contributed by atoms with Gasteiger partial charge in [-0.15, -0.1) is 0 Å². The molecule has 20 heavy (non-hydrogen) atoms. The molecule has 0 aliphatic carbocycles. The number of hydrogen-bond acceptors (Lipinski definition) is 4. The van der Waals surface area contributed by atoms with Crippen molar-refractivity contribution in [2.24, 2.45) is 0 Å². The summed E-state index contributed by atoms with van der Waals surface area (Å²) in [5.41, 5.74) is -0.796. The standard InChI is InChI=1S/C13H7F2NO4/c14-10-2-1-3-12(9(10)7-17)20-13-5-4-8(16(18)19)6-11(13)15/h1-7H. The number of rotatable bonds is 4. The van der Waals surface area contributed by atoms with Crippen LogP contribution >= 0.6 is 0 Å². The van der Waals surface area contributed by atoms with Crippen molar-refractivity contribution >= 4 is 12.0 Å². The molecule has 0 N–H and O–H groups in total. The Labute approximate surface area is 111 Å². The van der Waals surface area contributed by atoms with E-state index in [2.05, 4.69) is 0 Å². The summed E-state index contributed by atoms with van der Waals surface area (Å²) in [7, 11) is 0. The number of carbonyl (C=O) groups is 1. The average molecular weight is 279 g/mol. The first kappa shape index (κ1) is 13.6. The first-order chi connectivity index (χ1) is 9.52. The average Bonchev–Trinajstić information content (AvgIpc) is 2.41. The van der Waals surface area contributed by atoms with Gasteiger partial charge in [-0.05, 0) is 18.2 Å². The molecule has 2 rings (SSSR count). The van der Waals surface area contributed by atoms with Crippen LogP contribution in [0.5, 0.6) is 11.5 Å². The van der Waals surface area contributed by atoms with Crippen LogP contribution in [0.4, 0.5) is 14.5 Å². The van der Waals surface area contributed by atoms with Crippen LogP contribution in [0.2, 0.25) is 0 Å². The molecule has 0 radical (unpaired) electrons. The van der Waals surface area contributed by atoms with E-state index in [0.717, 1.165) is 18.2 Å². The Morgan fingerprint density at radius 1 is 1.10 bits per heavy atom. The molecule has 0 saturated carbocycles. The Hall–Kier alpha value is -2.83. The van der Waals surface area contributed by atoms with Gasteiger partial charge in [-0.2, -0.15) is 0 Å². The predicted molar refractivity (Wildman–Crippen MR) is 64.9 cm³/mol. The van der Waals surface area contributed by atoms with Crippen molar-refractivity contribution in [3.8, 4) is 11.5 Å². The van der Waals surface area contributed by atoms with Gasteiger partial charge in [0.05, 0.1) is 16.6 Å². The Morgan fingerprint density at radius 3 is 2.45 bits per heavy atom. The normalized spacial score (nSPS) is 10.1. The van der Waals surface area contributed by atoms with Crippen LogP contribution in [0.15, 0.2) is 36.4 Å². The molecular formula is C13H7F2NO4. The maximum atomic E-state index is 13.6. The Balaban J connectivity index is 2.38. The van der Waals surface area contributed by atoms with Crippen molar-refractivity contribution in [2.45, 2.75) is 0 Å². The first-order valence-electron chi connectivity index (χ1n) is 5.38. The minimum absolute atomic E-state index is 0.173. The quantitative estimate of drug-likeness (QED) is 0.488. The second-order valence-electron chi connectivity index (χ2n) is 3.74. The first-order valence-corrected chi connectivity index (χ1v) is 5.38. The molecule has 0 fully saturated rings. The number of benzene rings is 2. The molecule has 0 bridgehead atoms. The van der Waals surface area contributed by atoms with E-state index in [1.807, 2.05) is 0 Å². The lowest BCUT2D eigenvalue weighted by molar-refractivity contribution is -0.385. The van der Waals surface area contributed by atoms with Crippen LogP contribution in [0.25, 0.3) is 0 Å². The van der Waals surface area contributed by atoms with Gasteiger partial charge in [0.1, 0.15) is 11.6 Å². The van der Waals surface area contributed by atoms with Crippen molar-refractivity contribution in [2.75, 3.05) is 0 Å². The van der Waals surface area contributed by atoms with Crippen molar-refractivity contribution in [3.05, 3.63) is 63.7 Å². The molecule has 5 nitrogen and oxygen atoms in total. The maximum Gasteiger partial charge on any atom is 0.272 e. The third kappa shape index (κ3) is 2.61. The van der Waals surface area contributed by atoms with Gasteiger partial charge in [0, 0.05) is 6.07 Å². The molecule has 2 aromatic carbocycles. The van der Waals surface area contributed by atoms with Gasteiger partial charge in [0.2, 0.25) is 0 Å². The summed E-state index contributed by atoms with van der Waals surface area (Å²) in [5, 5.41) is 10.5. The van der Waals surface area contributed by atoms with E-state index in [1.165, 1.54) is 12.1 Å². The Bertz CT molecular complexity index is 688. The van der Waals surface area contributed by atoms with Gasteiger partial charge >= 0.3 is 0 Å². The number of nitrogens with zero attached hydrogens (tertiary/aromatic N) is 1. The number of halogens is 2. The zero-order valence-corrected chi connectivity index (χ0v) is 9.88. The fraction of sp³-hybridized carbons (Fsp3) is 0. The van der Waals surface area contributed by atoms with Crippen molar-refractivity contribution in [1.29, 1.82) is 0 Å². The number of nitro groups is 1. The molecule has 102 valence electrons. The minimum Gasteiger partial charge on any atom is -0.453 e. The van der Waals surface area contributed by atoms with Gasteiger partial charge in [0.15, 0.2) is 17.9 Å². The third-order valence-corrected chi connectivity index (χ3v) is 2.48. The highest BCUT2D eigenvalue weighted by molar-refractivity contribution is 5.79. The number of carbonyl (C=O) groups excluding carboxylic acids is 1. The van der Waals surface area contributed by atoms with Gasteiger partial charge < -0.3 is 4.74 Å². The lowest BCUT2D eigenvalue weighted by Crippen LogP contribution is -1.96. The molecule has 0 aliphatic rings. The minimum atomic E-state index is -0.986. The number of hydrogen-bond donors (Lipinski definition) is 0. The fourth-order valence-corrected chi connectivity index (χ4v) is 1.53. The van der Waals surface area contributed by atoms with Crippen LogP contribution in [0.3, 0.4) is 0 Å². The second kappa shape index (κ2) is 5.43. The highest BCUT2D eigenvalue weighted by Gasteiger charge is 2.15. The molecule has 0 heterocycles. The zero-order valence-electron chi connectivity index (χ0n) is 9.88. The third-order valence-electron chi connectivity index (χ3n) is 2.48. The van der Waals surface area contributed by atoms with Crippen molar-refractivity contribution in [3.63, 3.8) is 0 Å². The summed E-state index contributed by atoms with van der Waals surface area (Å²) in [4.78, 5) is 20.5. The molecule has 0 atom stereocenters. The van der Waals surface area contributed by atoms with Gasteiger partial charge in [-0.25, -0.2) is 8.78 Å². The van der Waals surface area contributed by atoms with Gasteiger partial charge in [-0.1, -0.05) is 6.07 Å². The lowest BCUT2D eigenvalue weighted by atomic mass is 10.2. The molecule has 0 aliphatic heterocycles. The molecule has 0 amide bonds. The van der Waals surface area contributed by atoms with E-state index >= 15 is 0 Å². The summed E-state index contributed by atoms with van der Waals surface area (Å²) >= 11 is 0. The summed E-state index contributed by atoms with van der Waals surface area (Å²) in [6.07, 6.45) is 0.244. The van der Waals surface area contributed by atoms with Crippen molar-refractivity contribution in [1.82, 2.24) is 0 Å². The van der Waals surface area contributed by atoms with Crippen LogP contribution < -0.4 is 4.74 Å². The smallest absolute Gasteiger partial charge is 0.272 e. The summed E-state index contributed by atoms with van der Waals surface area (Å²) in [6, 6.07) is 6.39. The highest BCUT2D eigenvalue weighted by Crippen LogP contribution is 2.29. The molecule has 0 saturated heterocycles. The SMILES string of the molecule is O=Cc1c(F)cccc1Oc1ccc([N+](=O)[O-])cc1F. The van der Waals surface area contributed by atoms with Gasteiger partial charge in [-0.3, -0.25) is 14.9 Å². The Kier molecular flexibility index (Phi) is 3.69. The van der Waals surface area contributed by atoms with E-state index in [-0.39, 0.29) is 23.3 Å². The van der Waals surface area contributed by atoms with E-state index < -0.39 is 22.2 Å². The van der Waals surface area contributed by atoms with Crippen LogP contribution in [-0.2, 0) is 0 Å². The second-order valence-corrected chi connectivity index (χ2v) is 3.74. The number of nitro benzene ring substituents is 1. The lowest BCUT2D eigenvalue weighted by Gasteiger charge is -2.09. The monoisotopic (exact) mass is 279 g/mol. The summed E-state index contributed by atoms with van der Waals surface area (Å²) in [5.74, 6) is -2.31. The van der Waals surface area contributed by atoms with E-state index in [1.54, 1.807) is 0 Å². The predicted octanol–water partition coefficient (Wildman–Crippen LogP) is 3.48. The van der Waals surface area contributed by atoms with Crippen LogP contribution in [0, 0.1) is 21.7 Å². The molecule has 0 spiro atoms. The zero-order chi connectivity index (χ0) is 14.7. The molecule has 2 aromatic rings. The molecule has 7 heteroatoms. The van der Waals surface area contributed by atoms with E-state index in [4.69, 9.17) is 4.74 Å². The van der Waals surface area contributed by atoms with Crippen LogP contribution in [-0.4, -0.2) is 11.2 Å². The summed E-state index contributed by atoms with van der Waals surface area (Å²) < 4.78 is 32.0. The number of ether oxygens (including phenoxy) is 1. The van der Waals surface area contributed by atoms with Crippen molar-refractivity contribution < 1.29 is 23.2 Å². The molecule has 0 aromatic heterocycles. The highest BCUT2D eigenvalue weighted by atomic mass is 19.1. The molecule has 0 unspecified atom stereocenters. The molecular weight excluding hydrogens is 272 g/mol. The number of non-ortho nitro benzene ring substituents is 1. The van der Waals surface area contributed by atoms with Gasteiger partial charge in [0.25, 0.3) is 5.69 Å². The van der Waals surface area contributed by atoms with E-state index in [9.17, 15) is 23.7 Å². The number of aldehydes is 1. The summed E-state index contributed by atoms with van der Waals surface area (Å²) in [6.45, 7) is 0. The Morgan fingerprint density at radius 2 is 1.85 bits per heavy atom. The van der Waals surface area contributed by atoms with E-state index in [0.29, 0.717) is 6.07 Å². The fourth-order valence-electron chi connectivity index (χ4n) is 1.53. The maximum absolute atomic E-state index is 13.6. The largest absolute Gasteiger partial charge is 0.453 e.